The van der Waals surface area contributed by atoms with Crippen LogP contribution < -0.4 is 0 Å². The molecule has 6 nitrogen and oxygen atoms in total. The summed E-state index contributed by atoms with van der Waals surface area (Å²) in [4.78, 5) is 38.3. The Bertz CT molecular complexity index is 1480. The lowest BCUT2D eigenvalue weighted by molar-refractivity contribution is -0.167. The number of ether oxygens (including phenoxy) is 3. The molecule has 0 unspecified atom stereocenters. The molecular weight excluding hydrogens is 925 g/mol. The highest BCUT2D eigenvalue weighted by atomic mass is 16.6. The molecule has 0 spiro atoms. The molecule has 0 aromatic heterocycles. The van der Waals surface area contributed by atoms with Crippen LogP contribution in [0.4, 0.5) is 0 Å². The van der Waals surface area contributed by atoms with Gasteiger partial charge in [0.15, 0.2) is 6.10 Å². The van der Waals surface area contributed by atoms with Crippen molar-refractivity contribution in [1.29, 1.82) is 0 Å². The molecule has 0 aromatic carbocycles. The Labute approximate surface area is 464 Å². The number of carbonyl (C=O) groups is 3. The molecule has 0 saturated carbocycles. The Morgan fingerprint density at radius 1 is 0.267 bits per heavy atom. The summed E-state index contributed by atoms with van der Waals surface area (Å²) in [5.74, 6) is -0.923. The van der Waals surface area contributed by atoms with Crippen LogP contribution in [0.1, 0.15) is 303 Å². The van der Waals surface area contributed by atoms with E-state index >= 15 is 0 Å². The topological polar surface area (TPSA) is 78.9 Å². The van der Waals surface area contributed by atoms with Gasteiger partial charge in [0, 0.05) is 19.3 Å². The Kier molecular flexibility index (Phi) is 59.8. The Hall–Kier alpha value is -3.67. The summed E-state index contributed by atoms with van der Waals surface area (Å²) >= 11 is 0. The van der Waals surface area contributed by atoms with E-state index in [0.717, 1.165) is 96.3 Å². The zero-order valence-corrected chi connectivity index (χ0v) is 49.3. The predicted molar refractivity (Wildman–Crippen MR) is 325 cm³/mol. The third-order valence-corrected chi connectivity index (χ3v) is 13.5. The van der Waals surface area contributed by atoms with Crippen molar-refractivity contribution >= 4 is 17.9 Å². The van der Waals surface area contributed by atoms with Crippen LogP contribution in [0.15, 0.2) is 97.2 Å². The van der Waals surface area contributed by atoms with Crippen LogP contribution in [-0.2, 0) is 28.6 Å². The smallest absolute Gasteiger partial charge is 0.306 e. The number of hydrogen-bond acceptors (Lipinski definition) is 6. The van der Waals surface area contributed by atoms with Gasteiger partial charge >= 0.3 is 17.9 Å². The van der Waals surface area contributed by atoms with Gasteiger partial charge in [-0.2, -0.15) is 0 Å². The van der Waals surface area contributed by atoms with Crippen LogP contribution in [0.5, 0.6) is 0 Å². The van der Waals surface area contributed by atoms with Crippen molar-refractivity contribution < 1.29 is 28.6 Å². The Balaban J connectivity index is 4.45. The van der Waals surface area contributed by atoms with Crippen molar-refractivity contribution in [3.05, 3.63) is 97.2 Å². The molecule has 0 aliphatic heterocycles. The summed E-state index contributed by atoms with van der Waals surface area (Å²) in [6.45, 7) is 6.55. The molecule has 0 N–H and O–H groups in total. The summed E-state index contributed by atoms with van der Waals surface area (Å²) in [6, 6.07) is 0. The lowest BCUT2D eigenvalue weighted by Gasteiger charge is -2.18. The summed E-state index contributed by atoms with van der Waals surface area (Å²) in [5.41, 5.74) is 0. The first-order valence-corrected chi connectivity index (χ1v) is 31.7. The number of carbonyl (C=O) groups excluding carboxylic acids is 3. The molecule has 75 heavy (non-hydrogen) atoms. The monoisotopic (exact) mass is 1040 g/mol. The van der Waals surface area contributed by atoms with Gasteiger partial charge in [0.1, 0.15) is 13.2 Å². The average Bonchev–Trinajstić information content (AvgIpc) is 3.41. The van der Waals surface area contributed by atoms with Crippen LogP contribution in [0.25, 0.3) is 0 Å². The molecular formula is C69H118O6. The Morgan fingerprint density at radius 3 is 0.760 bits per heavy atom. The van der Waals surface area contributed by atoms with Gasteiger partial charge in [-0.25, -0.2) is 0 Å². The quantitative estimate of drug-likeness (QED) is 0.0261. The van der Waals surface area contributed by atoms with E-state index in [4.69, 9.17) is 14.2 Å². The first-order valence-electron chi connectivity index (χ1n) is 31.7. The minimum Gasteiger partial charge on any atom is -0.462 e. The second-order valence-electron chi connectivity index (χ2n) is 21.0. The number of hydrogen-bond donors (Lipinski definition) is 0. The van der Waals surface area contributed by atoms with Gasteiger partial charge in [0.05, 0.1) is 0 Å². The van der Waals surface area contributed by atoms with Crippen LogP contribution in [0, 0.1) is 0 Å². The van der Waals surface area contributed by atoms with Crippen molar-refractivity contribution in [3.8, 4) is 0 Å². The highest BCUT2D eigenvalue weighted by molar-refractivity contribution is 5.71. The van der Waals surface area contributed by atoms with Crippen molar-refractivity contribution in [3.63, 3.8) is 0 Å². The molecule has 0 saturated heterocycles. The average molecular weight is 1040 g/mol. The van der Waals surface area contributed by atoms with Gasteiger partial charge in [-0.15, -0.1) is 0 Å². The molecule has 0 rings (SSSR count). The zero-order valence-electron chi connectivity index (χ0n) is 49.3. The van der Waals surface area contributed by atoms with Gasteiger partial charge in [-0.1, -0.05) is 253 Å². The maximum Gasteiger partial charge on any atom is 0.306 e. The molecule has 0 heterocycles. The second kappa shape index (κ2) is 62.9. The van der Waals surface area contributed by atoms with Gasteiger partial charge < -0.3 is 14.2 Å². The zero-order chi connectivity index (χ0) is 54.3. The van der Waals surface area contributed by atoms with Crippen LogP contribution in [-0.4, -0.2) is 37.2 Å². The van der Waals surface area contributed by atoms with Gasteiger partial charge in [-0.05, 0) is 128 Å². The normalized spacial score (nSPS) is 12.7. The summed E-state index contributed by atoms with van der Waals surface area (Å²) < 4.78 is 16.9. The fraction of sp³-hybridized carbons (Fsp3) is 0.725. The third kappa shape index (κ3) is 61.1. The molecule has 0 aliphatic rings. The van der Waals surface area contributed by atoms with Crippen LogP contribution >= 0.6 is 0 Å². The lowest BCUT2D eigenvalue weighted by atomic mass is 10.1. The first-order chi connectivity index (χ1) is 37.0. The molecule has 0 bridgehead atoms. The lowest BCUT2D eigenvalue weighted by Crippen LogP contribution is -2.30. The SMILES string of the molecule is CCCCC/C=C\C/C=C\C/C=C\C/C=C\CCCCCC(=O)OC[C@@H](COC(=O)CCCCCCCCCCC/C=C\C/C=C\CCCCC)OC(=O)CCCCCCCCCCC/C=C\C/C=C\CCCCC. The minimum atomic E-state index is -0.797. The Morgan fingerprint density at radius 2 is 0.480 bits per heavy atom. The third-order valence-electron chi connectivity index (χ3n) is 13.5. The number of allylic oxidation sites excluding steroid dienone is 16. The van der Waals surface area contributed by atoms with E-state index in [1.165, 1.54) is 167 Å². The fourth-order valence-electron chi connectivity index (χ4n) is 8.72. The number of unbranched alkanes of at least 4 members (excludes halogenated alkanes) is 30. The summed E-state index contributed by atoms with van der Waals surface area (Å²) in [5, 5.41) is 0. The first kappa shape index (κ1) is 71.3. The minimum absolute atomic E-state index is 0.0915. The van der Waals surface area contributed by atoms with Crippen molar-refractivity contribution in [2.45, 2.75) is 309 Å². The maximum atomic E-state index is 12.9. The molecule has 1 atom stereocenters. The van der Waals surface area contributed by atoms with E-state index in [-0.39, 0.29) is 31.1 Å². The molecule has 6 heteroatoms. The largest absolute Gasteiger partial charge is 0.462 e. The summed E-state index contributed by atoms with van der Waals surface area (Å²) in [7, 11) is 0. The van der Waals surface area contributed by atoms with Crippen LogP contribution in [0.3, 0.4) is 0 Å². The molecule has 0 fully saturated rings. The molecule has 0 aliphatic carbocycles. The van der Waals surface area contributed by atoms with E-state index in [9.17, 15) is 14.4 Å². The predicted octanol–water partition coefficient (Wildman–Crippen LogP) is 21.7. The van der Waals surface area contributed by atoms with E-state index in [1.54, 1.807) is 0 Å². The van der Waals surface area contributed by atoms with Gasteiger partial charge in [0.25, 0.3) is 0 Å². The van der Waals surface area contributed by atoms with E-state index in [1.807, 2.05) is 0 Å². The highest BCUT2D eigenvalue weighted by Gasteiger charge is 2.19. The highest BCUT2D eigenvalue weighted by Crippen LogP contribution is 2.15. The van der Waals surface area contributed by atoms with Crippen molar-refractivity contribution in [1.82, 2.24) is 0 Å². The molecule has 0 radical (unpaired) electrons. The second-order valence-corrected chi connectivity index (χ2v) is 21.0. The van der Waals surface area contributed by atoms with E-state index < -0.39 is 6.10 Å². The van der Waals surface area contributed by atoms with E-state index in [0.29, 0.717) is 19.3 Å². The number of rotatable bonds is 57. The van der Waals surface area contributed by atoms with Crippen molar-refractivity contribution in [2.75, 3.05) is 13.2 Å². The van der Waals surface area contributed by atoms with Crippen molar-refractivity contribution in [2.24, 2.45) is 0 Å². The van der Waals surface area contributed by atoms with E-state index in [2.05, 4.69) is 118 Å². The van der Waals surface area contributed by atoms with Crippen LogP contribution in [0.2, 0.25) is 0 Å². The molecule has 0 aromatic rings. The fourth-order valence-corrected chi connectivity index (χ4v) is 8.72. The van der Waals surface area contributed by atoms with Gasteiger partial charge in [-0.3, -0.25) is 14.4 Å². The standard InChI is InChI=1S/C69H118O6/c1-4-7-10-13-16-19-22-25-28-31-34-37-40-43-46-49-52-55-58-61-67(70)73-64-66(75-69(72)63-60-57-54-51-48-45-42-39-36-33-30-27-24-21-18-15-12-9-6-3)65-74-68(71)62-59-56-53-50-47-44-41-38-35-32-29-26-23-20-17-14-11-8-5-2/h16-21,25-30,34,37,43,46,66H,4-15,22-24,31-33,35-36,38-42,44-45,47-65H2,1-3H3/b19-16-,20-17-,21-18-,28-25-,29-26-,30-27-,37-34-,46-43-/t66-/m0/s1. The van der Waals surface area contributed by atoms with Gasteiger partial charge in [0.2, 0.25) is 0 Å². The maximum absolute atomic E-state index is 12.9. The number of esters is 3. The molecule has 430 valence electrons. The molecule has 0 amide bonds. The summed E-state index contributed by atoms with van der Waals surface area (Å²) in [6.07, 6.45) is 84.0.